The third kappa shape index (κ3) is 4.09. The van der Waals surface area contributed by atoms with Crippen LogP contribution in [0.5, 0.6) is 5.75 Å². The van der Waals surface area contributed by atoms with E-state index >= 15 is 0 Å². The van der Waals surface area contributed by atoms with Gasteiger partial charge in [0.15, 0.2) is 0 Å². The van der Waals surface area contributed by atoms with Crippen LogP contribution in [0.25, 0.3) is 0 Å². The number of ether oxygens (including phenoxy) is 2. The Kier molecular flexibility index (Phi) is 5.22. The maximum atomic E-state index is 13.4. The molecule has 0 spiro atoms. The van der Waals surface area contributed by atoms with E-state index in [1.807, 2.05) is 12.1 Å². The largest absolute Gasteiger partial charge is 0.482 e. The molecule has 7 heteroatoms. The number of hydrogen-bond acceptors (Lipinski definition) is 5. The number of hydrogen-bond donors (Lipinski definition) is 0. The molecule has 146 valence electrons. The van der Waals surface area contributed by atoms with Crippen molar-refractivity contribution in [1.82, 2.24) is 0 Å². The molecule has 1 amide bonds. The Labute approximate surface area is 167 Å². The van der Waals surface area contributed by atoms with Gasteiger partial charge in [0.1, 0.15) is 12.7 Å². The Morgan fingerprint density at radius 1 is 1.03 bits per heavy atom. The SMILES string of the molecule is O=C(c1ccccc1)N(c1ccccc1)c1cccc([N+](=O)[O-])c1OCC1CO1. The first-order valence-corrected chi connectivity index (χ1v) is 9.11. The first-order chi connectivity index (χ1) is 14.1. The second kappa shape index (κ2) is 8.12. The quantitative estimate of drug-likeness (QED) is 0.340. The minimum atomic E-state index is -0.511. The fourth-order valence-corrected chi connectivity index (χ4v) is 2.97. The summed E-state index contributed by atoms with van der Waals surface area (Å²) in [5.74, 6) is -0.272. The molecule has 0 bridgehead atoms. The molecule has 1 unspecified atom stereocenters. The zero-order valence-corrected chi connectivity index (χ0v) is 15.4. The van der Waals surface area contributed by atoms with E-state index in [0.717, 1.165) is 0 Å². The van der Waals surface area contributed by atoms with Gasteiger partial charge in [0.2, 0.25) is 5.75 Å². The number of carbonyl (C=O) groups is 1. The first kappa shape index (κ1) is 18.6. The van der Waals surface area contributed by atoms with Crippen molar-refractivity contribution >= 4 is 23.0 Å². The van der Waals surface area contributed by atoms with Crippen LogP contribution in [0.1, 0.15) is 10.4 Å². The number of amides is 1. The fraction of sp³-hybridized carbons (Fsp3) is 0.136. The average molecular weight is 390 g/mol. The lowest BCUT2D eigenvalue weighted by Crippen LogP contribution is -2.27. The van der Waals surface area contributed by atoms with Gasteiger partial charge in [-0.15, -0.1) is 0 Å². The maximum Gasteiger partial charge on any atom is 0.313 e. The highest BCUT2D eigenvalue weighted by atomic mass is 16.6. The Hall–Kier alpha value is -3.71. The van der Waals surface area contributed by atoms with Crippen LogP contribution in [-0.4, -0.2) is 30.1 Å². The summed E-state index contributed by atoms with van der Waals surface area (Å²) in [6, 6.07) is 22.3. The van der Waals surface area contributed by atoms with Crippen molar-refractivity contribution in [1.29, 1.82) is 0 Å². The van der Waals surface area contributed by atoms with Crippen molar-refractivity contribution in [3.05, 3.63) is 94.5 Å². The molecule has 4 rings (SSSR count). The summed E-state index contributed by atoms with van der Waals surface area (Å²) in [5, 5.41) is 11.6. The van der Waals surface area contributed by atoms with Crippen LogP contribution in [0.15, 0.2) is 78.9 Å². The van der Waals surface area contributed by atoms with Gasteiger partial charge in [-0.05, 0) is 30.3 Å². The zero-order valence-electron chi connectivity index (χ0n) is 15.4. The van der Waals surface area contributed by atoms with Crippen LogP contribution >= 0.6 is 0 Å². The summed E-state index contributed by atoms with van der Waals surface area (Å²) in [4.78, 5) is 26.0. The molecule has 1 atom stereocenters. The molecule has 0 saturated carbocycles. The van der Waals surface area contributed by atoms with Gasteiger partial charge in [0, 0.05) is 17.3 Å². The first-order valence-electron chi connectivity index (χ1n) is 9.11. The number of nitro benzene ring substituents is 1. The van der Waals surface area contributed by atoms with Crippen molar-refractivity contribution < 1.29 is 19.2 Å². The molecule has 3 aromatic rings. The number of para-hydroxylation sites is 2. The van der Waals surface area contributed by atoms with Crippen LogP contribution < -0.4 is 9.64 Å². The summed E-state index contributed by atoms with van der Waals surface area (Å²) in [7, 11) is 0. The van der Waals surface area contributed by atoms with Gasteiger partial charge >= 0.3 is 5.69 Å². The van der Waals surface area contributed by atoms with Crippen LogP contribution in [0, 0.1) is 10.1 Å². The molecular weight excluding hydrogens is 372 g/mol. The number of nitro groups is 1. The predicted octanol–water partition coefficient (Wildman–Crippen LogP) is 4.35. The second-order valence-electron chi connectivity index (χ2n) is 6.49. The molecule has 7 nitrogen and oxygen atoms in total. The van der Waals surface area contributed by atoms with Crippen molar-refractivity contribution in [2.45, 2.75) is 6.10 Å². The highest BCUT2D eigenvalue weighted by Crippen LogP contribution is 2.41. The van der Waals surface area contributed by atoms with Gasteiger partial charge in [-0.1, -0.05) is 42.5 Å². The van der Waals surface area contributed by atoms with E-state index in [9.17, 15) is 14.9 Å². The van der Waals surface area contributed by atoms with Crippen LogP contribution in [0.4, 0.5) is 17.1 Å². The van der Waals surface area contributed by atoms with Crippen LogP contribution in [0.3, 0.4) is 0 Å². The Bertz CT molecular complexity index is 1020. The highest BCUT2D eigenvalue weighted by molar-refractivity contribution is 6.12. The van der Waals surface area contributed by atoms with E-state index in [-0.39, 0.29) is 30.1 Å². The number of nitrogens with zero attached hydrogens (tertiary/aromatic N) is 2. The Morgan fingerprint density at radius 3 is 2.31 bits per heavy atom. The fourth-order valence-electron chi connectivity index (χ4n) is 2.97. The molecule has 1 saturated heterocycles. The van der Waals surface area contributed by atoms with E-state index in [4.69, 9.17) is 9.47 Å². The minimum absolute atomic E-state index is 0.0427. The lowest BCUT2D eigenvalue weighted by Gasteiger charge is -2.25. The normalized spacial score (nSPS) is 14.8. The molecule has 0 aromatic heterocycles. The third-order valence-electron chi connectivity index (χ3n) is 4.47. The maximum absolute atomic E-state index is 13.4. The summed E-state index contributed by atoms with van der Waals surface area (Å²) >= 11 is 0. The van der Waals surface area contributed by atoms with Crippen molar-refractivity contribution in [2.24, 2.45) is 0 Å². The Morgan fingerprint density at radius 2 is 1.69 bits per heavy atom. The third-order valence-corrected chi connectivity index (χ3v) is 4.47. The van der Waals surface area contributed by atoms with Gasteiger partial charge in [-0.3, -0.25) is 19.8 Å². The van der Waals surface area contributed by atoms with Gasteiger partial charge in [-0.2, -0.15) is 0 Å². The monoisotopic (exact) mass is 390 g/mol. The molecule has 1 aliphatic heterocycles. The lowest BCUT2D eigenvalue weighted by atomic mass is 10.1. The van der Waals surface area contributed by atoms with Crippen molar-refractivity contribution in [3.63, 3.8) is 0 Å². The number of carbonyl (C=O) groups excluding carboxylic acids is 1. The smallest absolute Gasteiger partial charge is 0.313 e. The number of rotatable bonds is 7. The summed E-state index contributed by atoms with van der Waals surface area (Å²) in [5.41, 5.74) is 1.14. The van der Waals surface area contributed by atoms with Gasteiger partial charge in [0.25, 0.3) is 5.91 Å². The van der Waals surface area contributed by atoms with Crippen LogP contribution in [0.2, 0.25) is 0 Å². The lowest BCUT2D eigenvalue weighted by molar-refractivity contribution is -0.385. The van der Waals surface area contributed by atoms with E-state index in [0.29, 0.717) is 23.5 Å². The topological polar surface area (TPSA) is 85.2 Å². The van der Waals surface area contributed by atoms with E-state index in [2.05, 4.69) is 0 Å². The van der Waals surface area contributed by atoms with Gasteiger partial charge in [-0.25, -0.2) is 0 Å². The molecule has 0 aliphatic carbocycles. The number of anilines is 2. The van der Waals surface area contributed by atoms with E-state index in [1.54, 1.807) is 60.7 Å². The van der Waals surface area contributed by atoms with Crippen molar-refractivity contribution in [2.75, 3.05) is 18.1 Å². The standard InChI is InChI=1S/C22H18N2O5/c25-22(16-8-3-1-4-9-16)23(17-10-5-2-6-11-17)19-12-7-13-20(24(26)27)21(19)29-15-18-14-28-18/h1-13,18H,14-15H2. The van der Waals surface area contributed by atoms with Crippen LogP contribution in [-0.2, 0) is 4.74 Å². The summed E-state index contributed by atoms with van der Waals surface area (Å²) in [6.07, 6.45) is -0.0855. The van der Waals surface area contributed by atoms with Gasteiger partial charge < -0.3 is 9.47 Å². The summed E-state index contributed by atoms with van der Waals surface area (Å²) in [6.45, 7) is 0.737. The zero-order chi connectivity index (χ0) is 20.2. The predicted molar refractivity (Wildman–Crippen MR) is 108 cm³/mol. The molecule has 0 N–H and O–H groups in total. The highest BCUT2D eigenvalue weighted by Gasteiger charge is 2.30. The van der Waals surface area contributed by atoms with E-state index in [1.165, 1.54) is 11.0 Å². The molecule has 1 aliphatic rings. The number of benzene rings is 3. The number of epoxide rings is 1. The minimum Gasteiger partial charge on any atom is -0.482 e. The Balaban J connectivity index is 1.84. The van der Waals surface area contributed by atoms with Gasteiger partial charge in [0.05, 0.1) is 17.2 Å². The summed E-state index contributed by atoms with van der Waals surface area (Å²) < 4.78 is 10.9. The molecular formula is C22H18N2O5. The molecule has 1 heterocycles. The molecule has 1 fully saturated rings. The molecule has 3 aromatic carbocycles. The second-order valence-corrected chi connectivity index (χ2v) is 6.49. The average Bonchev–Trinajstić information content (AvgIpc) is 3.58. The molecule has 0 radical (unpaired) electrons. The molecule has 29 heavy (non-hydrogen) atoms. The van der Waals surface area contributed by atoms with E-state index < -0.39 is 4.92 Å². The van der Waals surface area contributed by atoms with Crippen molar-refractivity contribution in [3.8, 4) is 5.75 Å².